The van der Waals surface area contributed by atoms with Crippen LogP contribution in [0.4, 0.5) is 18.9 Å². The molecule has 0 saturated heterocycles. The molecule has 1 rings (SSSR count). The van der Waals surface area contributed by atoms with Crippen molar-refractivity contribution < 1.29 is 18.0 Å². The molecule has 0 saturated carbocycles. The lowest BCUT2D eigenvalue weighted by molar-refractivity contribution is -0.137. The second-order valence-corrected chi connectivity index (χ2v) is 9.79. The molecule has 0 aliphatic heterocycles. The van der Waals surface area contributed by atoms with Crippen molar-refractivity contribution in [2.24, 2.45) is 0 Å². The van der Waals surface area contributed by atoms with Crippen molar-refractivity contribution in [2.45, 2.75) is 8.32 Å². The van der Waals surface area contributed by atoms with Gasteiger partial charge in [-0.2, -0.15) is 13.2 Å². The molecule has 17 heavy (non-hydrogen) atoms. The molecule has 0 aromatic heterocycles. The Labute approximate surface area is 120 Å². The number of rotatable bonds is 1. The number of halogens is 6. The summed E-state index contributed by atoms with van der Waals surface area (Å²) in [6, 6.07) is 4.37. The molecule has 0 fully saturated rings. The van der Waals surface area contributed by atoms with Crippen LogP contribution in [0.15, 0.2) is 24.3 Å². The van der Waals surface area contributed by atoms with E-state index >= 15 is 0 Å². The predicted octanol–water partition coefficient (Wildman–Crippen LogP) is 4.48. The molecule has 94 valence electrons. The molecular formula is C9H5Br3F3NO. The normalized spacial score (nSPS) is 12.4. The van der Waals surface area contributed by atoms with E-state index in [1.807, 2.05) is 0 Å². The first kappa shape index (κ1) is 15.0. The maximum absolute atomic E-state index is 12.4. The summed E-state index contributed by atoms with van der Waals surface area (Å²) in [5.41, 5.74) is -0.757. The summed E-state index contributed by atoms with van der Waals surface area (Å²) in [6.45, 7) is 0. The highest BCUT2D eigenvalue weighted by Gasteiger charge is 2.32. The maximum Gasteiger partial charge on any atom is 0.416 e. The molecule has 0 unspecified atom stereocenters. The van der Waals surface area contributed by atoms with Gasteiger partial charge in [0.25, 0.3) is 5.91 Å². The largest absolute Gasteiger partial charge is 0.416 e. The van der Waals surface area contributed by atoms with Gasteiger partial charge in [-0.15, -0.1) is 0 Å². The third kappa shape index (κ3) is 4.59. The minimum absolute atomic E-state index is 0.0625. The van der Waals surface area contributed by atoms with Crippen molar-refractivity contribution in [3.8, 4) is 0 Å². The van der Waals surface area contributed by atoms with Crippen LogP contribution in [0.3, 0.4) is 0 Å². The zero-order chi connectivity index (χ0) is 13.3. The molecule has 1 amide bonds. The summed E-state index contributed by atoms with van der Waals surface area (Å²) < 4.78 is 36.0. The second-order valence-electron chi connectivity index (χ2n) is 3.03. The van der Waals surface area contributed by atoms with Crippen LogP contribution >= 0.6 is 47.8 Å². The number of nitrogens with one attached hydrogen (secondary N) is 1. The molecule has 1 aromatic carbocycles. The van der Waals surface area contributed by atoms with Gasteiger partial charge < -0.3 is 5.32 Å². The van der Waals surface area contributed by atoms with E-state index in [0.29, 0.717) is 0 Å². The fourth-order valence-corrected chi connectivity index (χ4v) is 1.27. The van der Waals surface area contributed by atoms with E-state index in [2.05, 4.69) is 53.1 Å². The first-order valence-electron chi connectivity index (χ1n) is 4.16. The number of benzene rings is 1. The number of hydrogen-bond donors (Lipinski definition) is 1. The van der Waals surface area contributed by atoms with Crippen LogP contribution in [0.25, 0.3) is 0 Å². The first-order valence-corrected chi connectivity index (χ1v) is 6.54. The Morgan fingerprint density at radius 2 is 1.76 bits per heavy atom. The highest BCUT2D eigenvalue weighted by Crippen LogP contribution is 2.35. The fourth-order valence-electron chi connectivity index (χ4n) is 0.975. The fraction of sp³-hybridized carbons (Fsp3) is 0.222. The average Bonchev–Trinajstić information content (AvgIpc) is 2.15. The number of hydrogen-bond acceptors (Lipinski definition) is 1. The van der Waals surface area contributed by atoms with E-state index < -0.39 is 19.8 Å². The summed E-state index contributed by atoms with van der Waals surface area (Å²) in [4.78, 5) is 11.5. The quantitative estimate of drug-likeness (QED) is 0.642. The molecule has 0 aliphatic carbocycles. The minimum atomic E-state index is -4.44. The zero-order valence-corrected chi connectivity index (χ0v) is 12.7. The van der Waals surface area contributed by atoms with Crippen LogP contribution in [-0.2, 0) is 11.0 Å². The second kappa shape index (κ2) is 5.27. The van der Waals surface area contributed by atoms with Crippen LogP contribution in [0, 0.1) is 0 Å². The van der Waals surface area contributed by atoms with E-state index in [9.17, 15) is 18.0 Å². The molecule has 0 radical (unpaired) electrons. The van der Waals surface area contributed by atoms with Crippen molar-refractivity contribution in [2.75, 3.05) is 5.32 Å². The lowest BCUT2D eigenvalue weighted by atomic mass is 10.2. The third-order valence-electron chi connectivity index (χ3n) is 1.71. The lowest BCUT2D eigenvalue weighted by Crippen LogP contribution is -2.25. The van der Waals surface area contributed by atoms with E-state index in [1.165, 1.54) is 12.1 Å². The van der Waals surface area contributed by atoms with Crippen LogP contribution < -0.4 is 5.32 Å². The minimum Gasteiger partial charge on any atom is -0.323 e. The number of carbonyl (C=O) groups is 1. The van der Waals surface area contributed by atoms with Crippen molar-refractivity contribution in [3.63, 3.8) is 0 Å². The molecule has 1 N–H and O–H groups in total. The Bertz CT molecular complexity index is 428. The van der Waals surface area contributed by atoms with E-state index in [0.717, 1.165) is 12.1 Å². The molecule has 0 heterocycles. The highest BCUT2D eigenvalue weighted by atomic mass is 80.0. The molecule has 0 spiro atoms. The molecule has 1 aromatic rings. The summed E-state index contributed by atoms with van der Waals surface area (Å²) in [5, 5.41) is 2.31. The van der Waals surface area contributed by atoms with Crippen molar-refractivity contribution in [1.82, 2.24) is 0 Å². The van der Waals surface area contributed by atoms with Crippen LogP contribution in [0.1, 0.15) is 5.56 Å². The van der Waals surface area contributed by atoms with E-state index in [-0.39, 0.29) is 5.69 Å². The van der Waals surface area contributed by atoms with Crippen molar-refractivity contribution in [3.05, 3.63) is 29.8 Å². The highest BCUT2D eigenvalue weighted by molar-refractivity contribution is 9.40. The lowest BCUT2D eigenvalue weighted by Gasteiger charge is -2.13. The zero-order valence-electron chi connectivity index (χ0n) is 7.99. The van der Waals surface area contributed by atoms with Gasteiger partial charge in [0, 0.05) is 5.69 Å². The monoisotopic (exact) mass is 437 g/mol. The predicted molar refractivity (Wildman–Crippen MR) is 69.6 cm³/mol. The van der Waals surface area contributed by atoms with Crippen molar-refractivity contribution in [1.29, 1.82) is 0 Å². The van der Waals surface area contributed by atoms with Crippen molar-refractivity contribution >= 4 is 59.4 Å². The Balaban J connectivity index is 2.91. The Morgan fingerprint density at radius 3 is 2.24 bits per heavy atom. The van der Waals surface area contributed by atoms with Crippen LogP contribution in [0.5, 0.6) is 0 Å². The number of carbonyl (C=O) groups excluding carboxylic acids is 1. The standard InChI is InChI=1S/C9H5Br3F3NO/c10-8(11,12)7(17)16-6-3-1-2-5(4-6)9(13,14)15/h1-4H,(H,16,17). The number of alkyl halides is 6. The van der Waals surface area contributed by atoms with Gasteiger partial charge in [-0.25, -0.2) is 0 Å². The summed E-state index contributed by atoms with van der Waals surface area (Å²) in [6.07, 6.45) is -4.44. The Morgan fingerprint density at radius 1 is 1.18 bits per heavy atom. The summed E-state index contributed by atoms with van der Waals surface area (Å²) in [7, 11) is 0. The summed E-state index contributed by atoms with van der Waals surface area (Å²) in [5.74, 6) is -0.572. The smallest absolute Gasteiger partial charge is 0.323 e. The van der Waals surface area contributed by atoms with Gasteiger partial charge in [0.15, 0.2) is 0 Å². The molecule has 0 bridgehead atoms. The number of anilines is 1. The Hall–Kier alpha value is -0.0800. The van der Waals surface area contributed by atoms with E-state index in [4.69, 9.17) is 0 Å². The molecule has 8 heteroatoms. The Kier molecular flexibility index (Phi) is 4.65. The molecule has 0 atom stereocenters. The average molecular weight is 440 g/mol. The molecule has 2 nitrogen and oxygen atoms in total. The molecular weight excluding hydrogens is 435 g/mol. The molecule has 0 aliphatic rings. The van der Waals surface area contributed by atoms with Gasteiger partial charge in [0.2, 0.25) is 2.14 Å². The first-order chi connectivity index (χ1) is 7.60. The number of amides is 1. The van der Waals surface area contributed by atoms with Gasteiger partial charge in [0.1, 0.15) is 0 Å². The SMILES string of the molecule is O=C(Nc1cccc(C(F)(F)F)c1)C(Br)(Br)Br. The van der Waals surface area contributed by atoms with Crippen LogP contribution in [-0.4, -0.2) is 8.05 Å². The van der Waals surface area contributed by atoms with Gasteiger partial charge in [0.05, 0.1) is 5.56 Å². The summed E-state index contributed by atoms with van der Waals surface area (Å²) >= 11 is 8.88. The van der Waals surface area contributed by atoms with Gasteiger partial charge in [-0.05, 0) is 66.0 Å². The van der Waals surface area contributed by atoms with Gasteiger partial charge in [-0.3, -0.25) is 4.79 Å². The third-order valence-corrected chi connectivity index (χ3v) is 2.79. The maximum atomic E-state index is 12.4. The van der Waals surface area contributed by atoms with Gasteiger partial charge in [-0.1, -0.05) is 6.07 Å². The topological polar surface area (TPSA) is 29.1 Å². The van der Waals surface area contributed by atoms with Crippen LogP contribution in [0.2, 0.25) is 0 Å². The van der Waals surface area contributed by atoms with Gasteiger partial charge >= 0.3 is 6.18 Å². The van der Waals surface area contributed by atoms with E-state index in [1.54, 1.807) is 0 Å².